The minimum Gasteiger partial charge on any atom is -0.444 e. The second kappa shape index (κ2) is 13.4. The van der Waals surface area contributed by atoms with E-state index in [0.29, 0.717) is 65.5 Å². The molecule has 1 aliphatic heterocycles. The summed E-state index contributed by atoms with van der Waals surface area (Å²) in [6.45, 7) is 15.9. The summed E-state index contributed by atoms with van der Waals surface area (Å²) in [6.07, 6.45) is 1.64. The monoisotopic (exact) mass is 609 g/mol. The number of piperazine rings is 1. The van der Waals surface area contributed by atoms with Gasteiger partial charge in [-0.1, -0.05) is 17.9 Å². The lowest BCUT2D eigenvalue weighted by Crippen LogP contribution is -2.49. The van der Waals surface area contributed by atoms with Gasteiger partial charge in [-0.15, -0.1) is 0 Å². The predicted molar refractivity (Wildman–Crippen MR) is 165 cm³/mol. The Morgan fingerprint density at radius 1 is 1.21 bits per heavy atom. The fourth-order valence-electron chi connectivity index (χ4n) is 4.66. The van der Waals surface area contributed by atoms with Crippen molar-refractivity contribution in [3.63, 3.8) is 0 Å². The fraction of sp³-hybridized carbons (Fsp3) is 0.419. The van der Waals surface area contributed by atoms with Crippen LogP contribution in [-0.2, 0) is 11.3 Å². The van der Waals surface area contributed by atoms with Crippen LogP contribution >= 0.6 is 11.3 Å². The number of alkyl halides is 1. The number of aryl methyl sites for hydroxylation is 1. The topological polar surface area (TPSA) is 90.5 Å². The van der Waals surface area contributed by atoms with E-state index in [1.807, 2.05) is 46.8 Å². The summed E-state index contributed by atoms with van der Waals surface area (Å²) >= 11 is 1.15. The molecule has 0 bridgehead atoms. The molecule has 0 saturated carbocycles. The van der Waals surface area contributed by atoms with Crippen LogP contribution < -0.4 is 4.90 Å². The van der Waals surface area contributed by atoms with Gasteiger partial charge in [-0.2, -0.15) is 10.4 Å². The molecule has 1 aromatic carbocycles. The molecule has 0 spiro atoms. The van der Waals surface area contributed by atoms with Crippen molar-refractivity contribution in [2.45, 2.75) is 46.8 Å². The standard InChI is InChI=1S/C31H37F2N7O2S/c1-7-40-27(39(13-12-32)29-35-28(26(20-34)43-29)23-8-10-24(33)11-9-23)19-25(36-40)21(2)18-22(3)37-14-16-38(17-15-37)30(41)42-31(4,5)6/h8-11,18-19H,3,7,12-17H2,1-2,4-6H3/b21-18-. The number of ether oxygens (including phenoxy) is 1. The fourth-order valence-corrected chi connectivity index (χ4v) is 5.58. The van der Waals surface area contributed by atoms with Gasteiger partial charge in [-0.05, 0) is 70.5 Å². The van der Waals surface area contributed by atoms with Crippen molar-refractivity contribution in [3.05, 3.63) is 65.1 Å². The number of thiazole rings is 1. The lowest BCUT2D eigenvalue weighted by atomic mass is 10.1. The highest BCUT2D eigenvalue weighted by molar-refractivity contribution is 7.16. The van der Waals surface area contributed by atoms with Crippen molar-refractivity contribution in [3.8, 4) is 17.3 Å². The molecule has 0 aliphatic carbocycles. The number of benzene rings is 1. The van der Waals surface area contributed by atoms with Crippen molar-refractivity contribution >= 4 is 34.0 Å². The molecule has 1 amide bonds. The summed E-state index contributed by atoms with van der Waals surface area (Å²) in [5.41, 5.74) is 2.86. The van der Waals surface area contributed by atoms with E-state index in [1.54, 1.807) is 26.6 Å². The van der Waals surface area contributed by atoms with E-state index in [2.05, 4.69) is 22.5 Å². The molecule has 2 aromatic heterocycles. The number of nitrogens with zero attached hydrogens (tertiary/aromatic N) is 7. The maximum absolute atomic E-state index is 13.8. The Labute approximate surface area is 255 Å². The summed E-state index contributed by atoms with van der Waals surface area (Å²) in [4.78, 5) is 23.0. The Morgan fingerprint density at radius 3 is 2.44 bits per heavy atom. The number of aromatic nitrogens is 3. The van der Waals surface area contributed by atoms with Crippen LogP contribution in [0.1, 0.15) is 45.2 Å². The highest BCUT2D eigenvalue weighted by atomic mass is 32.1. The Balaban J connectivity index is 1.54. The molecule has 0 atom stereocenters. The molecule has 3 aromatic rings. The number of amides is 1. The molecule has 9 nitrogen and oxygen atoms in total. The zero-order valence-corrected chi connectivity index (χ0v) is 26.0. The second-order valence-electron chi connectivity index (χ2n) is 11.1. The Hall–Kier alpha value is -4.24. The molecule has 0 unspecified atom stereocenters. The summed E-state index contributed by atoms with van der Waals surface area (Å²) in [6, 6.07) is 9.82. The molecule has 1 saturated heterocycles. The first-order valence-corrected chi connectivity index (χ1v) is 14.9. The number of carbonyl (C=O) groups excluding carboxylic acids is 1. The van der Waals surface area contributed by atoms with Crippen molar-refractivity contribution < 1.29 is 18.3 Å². The van der Waals surface area contributed by atoms with Crippen molar-refractivity contribution in [1.29, 1.82) is 5.26 Å². The van der Waals surface area contributed by atoms with E-state index in [4.69, 9.17) is 9.84 Å². The van der Waals surface area contributed by atoms with Crippen molar-refractivity contribution in [1.82, 2.24) is 24.6 Å². The molecule has 1 fully saturated rings. The predicted octanol–water partition coefficient (Wildman–Crippen LogP) is 6.61. The number of rotatable bonds is 9. The first-order valence-electron chi connectivity index (χ1n) is 14.1. The largest absolute Gasteiger partial charge is 0.444 e. The number of anilines is 2. The molecular formula is C31H37F2N7O2S. The van der Waals surface area contributed by atoms with E-state index < -0.39 is 12.3 Å². The zero-order valence-electron chi connectivity index (χ0n) is 25.2. The minimum atomic E-state index is -0.640. The second-order valence-corrected chi connectivity index (χ2v) is 12.1. The highest BCUT2D eigenvalue weighted by Crippen LogP contribution is 2.37. The van der Waals surface area contributed by atoms with Crippen LogP contribution in [0.4, 0.5) is 24.5 Å². The third kappa shape index (κ3) is 7.59. The van der Waals surface area contributed by atoms with Crippen LogP contribution in [0.25, 0.3) is 16.8 Å². The van der Waals surface area contributed by atoms with Gasteiger partial charge in [-0.3, -0.25) is 4.90 Å². The van der Waals surface area contributed by atoms with Crippen LogP contribution in [0, 0.1) is 17.1 Å². The third-order valence-corrected chi connectivity index (χ3v) is 7.82. The maximum atomic E-state index is 13.8. The van der Waals surface area contributed by atoms with Gasteiger partial charge in [0.2, 0.25) is 0 Å². The van der Waals surface area contributed by atoms with Crippen LogP contribution in [0.3, 0.4) is 0 Å². The molecule has 0 radical (unpaired) electrons. The van der Waals surface area contributed by atoms with E-state index in [9.17, 15) is 18.8 Å². The van der Waals surface area contributed by atoms with Crippen LogP contribution in [0.5, 0.6) is 0 Å². The summed E-state index contributed by atoms with van der Waals surface area (Å²) in [5.74, 6) is 0.258. The van der Waals surface area contributed by atoms with Gasteiger partial charge in [0.05, 0.1) is 12.2 Å². The molecule has 1 aliphatic rings. The molecule has 43 heavy (non-hydrogen) atoms. The van der Waals surface area contributed by atoms with Gasteiger partial charge < -0.3 is 14.5 Å². The number of halogens is 2. The number of carbonyl (C=O) groups is 1. The summed E-state index contributed by atoms with van der Waals surface area (Å²) in [7, 11) is 0. The Morgan fingerprint density at radius 2 is 1.86 bits per heavy atom. The van der Waals surface area contributed by atoms with Gasteiger partial charge in [0.25, 0.3) is 0 Å². The summed E-state index contributed by atoms with van der Waals surface area (Å²) in [5, 5.41) is 15.0. The van der Waals surface area contributed by atoms with E-state index in [1.165, 1.54) is 12.1 Å². The van der Waals surface area contributed by atoms with Gasteiger partial charge >= 0.3 is 6.09 Å². The normalized spacial score (nSPS) is 14.0. The average molecular weight is 610 g/mol. The highest BCUT2D eigenvalue weighted by Gasteiger charge is 2.27. The minimum absolute atomic E-state index is 0.0176. The first kappa shape index (κ1) is 31.7. The number of allylic oxidation sites excluding steroid dienone is 2. The maximum Gasteiger partial charge on any atom is 0.410 e. The first-order chi connectivity index (χ1) is 20.4. The van der Waals surface area contributed by atoms with E-state index in [-0.39, 0.29) is 18.5 Å². The molecule has 4 rings (SSSR count). The molecule has 12 heteroatoms. The van der Waals surface area contributed by atoms with Crippen LogP contribution in [0.15, 0.2) is 48.7 Å². The lowest BCUT2D eigenvalue weighted by molar-refractivity contribution is 0.0171. The van der Waals surface area contributed by atoms with Gasteiger partial charge in [0.15, 0.2) is 5.13 Å². The molecule has 0 N–H and O–H groups in total. The average Bonchev–Trinajstić information content (AvgIpc) is 3.60. The lowest BCUT2D eigenvalue weighted by Gasteiger charge is -2.37. The zero-order chi connectivity index (χ0) is 31.3. The smallest absolute Gasteiger partial charge is 0.410 e. The van der Waals surface area contributed by atoms with Gasteiger partial charge in [0.1, 0.15) is 40.6 Å². The van der Waals surface area contributed by atoms with Crippen LogP contribution in [-0.4, -0.2) is 75.7 Å². The van der Waals surface area contributed by atoms with Gasteiger partial charge in [-0.25, -0.2) is 23.2 Å². The molecule has 228 valence electrons. The Bertz CT molecular complexity index is 1520. The SMILES string of the molecule is C=C(/C=C(/C)c1cc(N(CCF)c2nc(-c3ccc(F)cc3)c(C#N)s2)n(CC)n1)N1CCN(C(=O)OC(C)(C)C)CC1. The molecular weight excluding hydrogens is 572 g/mol. The third-order valence-electron chi connectivity index (χ3n) is 6.83. The Kier molecular flexibility index (Phi) is 9.86. The van der Waals surface area contributed by atoms with Crippen molar-refractivity contribution in [2.24, 2.45) is 0 Å². The van der Waals surface area contributed by atoms with Crippen molar-refractivity contribution in [2.75, 3.05) is 44.3 Å². The number of hydrogen-bond donors (Lipinski definition) is 0. The van der Waals surface area contributed by atoms with E-state index in [0.717, 1.165) is 22.6 Å². The number of hydrogen-bond acceptors (Lipinski definition) is 8. The van der Waals surface area contributed by atoms with E-state index >= 15 is 0 Å². The quantitative estimate of drug-likeness (QED) is 0.252. The number of nitriles is 1. The van der Waals surface area contributed by atoms with Gasteiger partial charge in [0, 0.05) is 50.1 Å². The molecule has 3 heterocycles. The van der Waals surface area contributed by atoms with Crippen LogP contribution in [0.2, 0.25) is 0 Å². The summed E-state index contributed by atoms with van der Waals surface area (Å²) < 4.78 is 34.6.